The Hall–Kier alpha value is -0.160. The van der Waals surface area contributed by atoms with Gasteiger partial charge in [0.25, 0.3) is 0 Å². The molecule has 0 bridgehead atoms. The molecule has 0 aliphatic carbocycles. The predicted molar refractivity (Wildman–Crippen MR) is 70.4 cm³/mol. The van der Waals surface area contributed by atoms with E-state index in [1.54, 1.807) is 7.11 Å². The number of ether oxygens (including phenoxy) is 2. The average Bonchev–Trinajstić information content (AvgIpc) is 2.81. The molecule has 1 heterocycles. The van der Waals surface area contributed by atoms with Crippen molar-refractivity contribution >= 4 is 0 Å². The van der Waals surface area contributed by atoms with Gasteiger partial charge in [-0.15, -0.1) is 0 Å². The summed E-state index contributed by atoms with van der Waals surface area (Å²) in [6, 6.07) is 0.557. The lowest BCUT2D eigenvalue weighted by Crippen LogP contribution is -2.41. The molecule has 1 aliphatic heterocycles. The third kappa shape index (κ3) is 6.36. The molecular formula is C13H28N2O2. The number of nitrogens with zero attached hydrogens (tertiary/aromatic N) is 1. The molecule has 102 valence electrons. The van der Waals surface area contributed by atoms with Crippen LogP contribution in [0.15, 0.2) is 0 Å². The second-order valence-corrected chi connectivity index (χ2v) is 4.97. The van der Waals surface area contributed by atoms with E-state index in [0.29, 0.717) is 12.1 Å². The minimum absolute atomic E-state index is 0.455. The summed E-state index contributed by atoms with van der Waals surface area (Å²) in [5, 5.41) is 3.46. The van der Waals surface area contributed by atoms with Gasteiger partial charge in [0, 0.05) is 39.5 Å². The second-order valence-electron chi connectivity index (χ2n) is 4.97. The minimum Gasteiger partial charge on any atom is -0.385 e. The van der Waals surface area contributed by atoms with Crippen LogP contribution in [0.1, 0.15) is 26.2 Å². The Morgan fingerprint density at radius 1 is 1.53 bits per heavy atom. The van der Waals surface area contributed by atoms with Crippen molar-refractivity contribution in [3.63, 3.8) is 0 Å². The van der Waals surface area contributed by atoms with Gasteiger partial charge in [0.1, 0.15) is 0 Å². The molecule has 1 aliphatic rings. The number of likely N-dealkylation sites (N-methyl/N-ethyl adjacent to an activating group) is 1. The predicted octanol–water partition coefficient (Wildman–Crippen LogP) is 1.11. The third-order valence-corrected chi connectivity index (χ3v) is 3.41. The summed E-state index contributed by atoms with van der Waals surface area (Å²) in [4.78, 5) is 2.39. The summed E-state index contributed by atoms with van der Waals surface area (Å²) in [5.41, 5.74) is 0. The first kappa shape index (κ1) is 14.9. The van der Waals surface area contributed by atoms with Gasteiger partial charge in [0.05, 0.1) is 6.10 Å². The Labute approximate surface area is 106 Å². The van der Waals surface area contributed by atoms with Gasteiger partial charge in [-0.3, -0.25) is 4.90 Å². The smallest absolute Gasteiger partial charge is 0.0702 e. The van der Waals surface area contributed by atoms with Crippen LogP contribution in [0.5, 0.6) is 0 Å². The Bertz CT molecular complexity index is 184. The Balaban J connectivity index is 2.02. The van der Waals surface area contributed by atoms with Crippen LogP contribution < -0.4 is 5.32 Å². The first-order valence-corrected chi connectivity index (χ1v) is 6.75. The molecule has 1 N–H and O–H groups in total. The van der Waals surface area contributed by atoms with E-state index in [0.717, 1.165) is 39.3 Å². The summed E-state index contributed by atoms with van der Waals surface area (Å²) < 4.78 is 10.7. The monoisotopic (exact) mass is 244 g/mol. The van der Waals surface area contributed by atoms with Crippen LogP contribution in [0, 0.1) is 0 Å². The first-order valence-electron chi connectivity index (χ1n) is 6.75. The molecule has 2 unspecified atom stereocenters. The third-order valence-electron chi connectivity index (χ3n) is 3.41. The van der Waals surface area contributed by atoms with E-state index in [1.807, 2.05) is 0 Å². The van der Waals surface area contributed by atoms with Gasteiger partial charge in [0.2, 0.25) is 0 Å². The summed E-state index contributed by atoms with van der Waals surface area (Å²) in [7, 11) is 3.93. The van der Waals surface area contributed by atoms with Crippen LogP contribution in [0.25, 0.3) is 0 Å². The maximum atomic E-state index is 5.65. The SMILES string of the molecule is COCCCNCC(C)N(C)CC1CCCO1. The zero-order chi connectivity index (χ0) is 12.5. The lowest BCUT2D eigenvalue weighted by molar-refractivity contribution is 0.0703. The largest absolute Gasteiger partial charge is 0.385 e. The second kappa shape index (κ2) is 8.86. The summed E-state index contributed by atoms with van der Waals surface area (Å²) in [6.07, 6.45) is 3.98. The van der Waals surface area contributed by atoms with Crippen molar-refractivity contribution in [3.05, 3.63) is 0 Å². The van der Waals surface area contributed by atoms with Crippen molar-refractivity contribution < 1.29 is 9.47 Å². The van der Waals surface area contributed by atoms with Crippen molar-refractivity contribution in [2.75, 3.05) is 47.0 Å². The first-order chi connectivity index (χ1) is 8.24. The van der Waals surface area contributed by atoms with Crippen molar-refractivity contribution in [2.45, 2.75) is 38.3 Å². The standard InChI is InChI=1S/C13H28N2O2/c1-12(10-14-7-5-8-16-3)15(2)11-13-6-4-9-17-13/h12-14H,4-11H2,1-3H3. The molecule has 0 aromatic rings. The van der Waals surface area contributed by atoms with Crippen LogP contribution >= 0.6 is 0 Å². The van der Waals surface area contributed by atoms with Crippen molar-refractivity contribution in [3.8, 4) is 0 Å². The molecule has 0 saturated carbocycles. The number of hydrogen-bond acceptors (Lipinski definition) is 4. The van der Waals surface area contributed by atoms with Gasteiger partial charge < -0.3 is 14.8 Å². The lowest BCUT2D eigenvalue weighted by Gasteiger charge is -2.27. The minimum atomic E-state index is 0.455. The number of rotatable bonds is 9. The van der Waals surface area contributed by atoms with E-state index in [9.17, 15) is 0 Å². The van der Waals surface area contributed by atoms with Gasteiger partial charge in [-0.25, -0.2) is 0 Å². The highest BCUT2D eigenvalue weighted by Gasteiger charge is 2.19. The molecule has 1 saturated heterocycles. The normalized spacial score (nSPS) is 22.2. The van der Waals surface area contributed by atoms with Crippen LogP contribution in [-0.2, 0) is 9.47 Å². The maximum Gasteiger partial charge on any atom is 0.0702 e. The van der Waals surface area contributed by atoms with Crippen LogP contribution in [0.4, 0.5) is 0 Å². The van der Waals surface area contributed by atoms with Gasteiger partial charge in [-0.1, -0.05) is 0 Å². The van der Waals surface area contributed by atoms with E-state index in [4.69, 9.17) is 9.47 Å². The average molecular weight is 244 g/mol. The van der Waals surface area contributed by atoms with Gasteiger partial charge >= 0.3 is 0 Å². The van der Waals surface area contributed by atoms with Crippen molar-refractivity contribution in [1.29, 1.82) is 0 Å². The zero-order valence-electron chi connectivity index (χ0n) is 11.6. The van der Waals surface area contributed by atoms with Crippen LogP contribution in [-0.4, -0.2) is 64.1 Å². The van der Waals surface area contributed by atoms with Gasteiger partial charge in [-0.2, -0.15) is 0 Å². The molecular weight excluding hydrogens is 216 g/mol. The molecule has 2 atom stereocenters. The van der Waals surface area contributed by atoms with Crippen molar-refractivity contribution in [2.24, 2.45) is 0 Å². The number of hydrogen-bond donors (Lipinski definition) is 1. The fraction of sp³-hybridized carbons (Fsp3) is 1.00. The molecule has 0 radical (unpaired) electrons. The molecule has 1 rings (SSSR count). The van der Waals surface area contributed by atoms with E-state index in [-0.39, 0.29) is 0 Å². The fourth-order valence-electron chi connectivity index (χ4n) is 2.10. The zero-order valence-corrected chi connectivity index (χ0v) is 11.6. The highest BCUT2D eigenvalue weighted by Crippen LogP contribution is 2.13. The molecule has 0 spiro atoms. The molecule has 4 heteroatoms. The molecule has 17 heavy (non-hydrogen) atoms. The van der Waals surface area contributed by atoms with Crippen molar-refractivity contribution in [1.82, 2.24) is 10.2 Å². The lowest BCUT2D eigenvalue weighted by atomic mass is 10.2. The molecule has 0 aromatic carbocycles. The van der Waals surface area contributed by atoms with Gasteiger partial charge in [-0.05, 0) is 39.8 Å². The molecule has 1 fully saturated rings. The highest BCUT2D eigenvalue weighted by molar-refractivity contribution is 4.73. The Kier molecular flexibility index (Phi) is 7.77. The van der Waals surface area contributed by atoms with Crippen LogP contribution in [0.3, 0.4) is 0 Å². The Morgan fingerprint density at radius 3 is 3.00 bits per heavy atom. The fourth-order valence-corrected chi connectivity index (χ4v) is 2.10. The highest BCUT2D eigenvalue weighted by atomic mass is 16.5. The summed E-state index contributed by atoms with van der Waals surface area (Å²) in [5.74, 6) is 0. The van der Waals surface area contributed by atoms with E-state index in [2.05, 4.69) is 24.2 Å². The molecule has 0 aromatic heterocycles. The Morgan fingerprint density at radius 2 is 2.35 bits per heavy atom. The van der Waals surface area contributed by atoms with E-state index in [1.165, 1.54) is 12.8 Å². The quantitative estimate of drug-likeness (QED) is 0.616. The molecule has 0 amide bonds. The van der Waals surface area contributed by atoms with Gasteiger partial charge in [0.15, 0.2) is 0 Å². The number of methoxy groups -OCH3 is 1. The summed E-state index contributed by atoms with van der Waals surface area (Å²) in [6.45, 7) is 7.17. The van der Waals surface area contributed by atoms with E-state index < -0.39 is 0 Å². The molecule has 4 nitrogen and oxygen atoms in total. The maximum absolute atomic E-state index is 5.65. The summed E-state index contributed by atoms with van der Waals surface area (Å²) >= 11 is 0. The topological polar surface area (TPSA) is 33.7 Å². The van der Waals surface area contributed by atoms with Crippen LogP contribution in [0.2, 0.25) is 0 Å². The van der Waals surface area contributed by atoms with E-state index >= 15 is 0 Å². The number of nitrogens with one attached hydrogen (secondary N) is 1.